The van der Waals surface area contributed by atoms with Crippen LogP contribution in [0, 0.1) is 18.8 Å². The Labute approximate surface area is 278 Å². The summed E-state index contributed by atoms with van der Waals surface area (Å²) in [7, 11) is -1.48. The van der Waals surface area contributed by atoms with Gasteiger partial charge in [0.15, 0.2) is 5.78 Å². The fourth-order valence-electron chi connectivity index (χ4n) is 4.90. The Kier molecular flexibility index (Phi) is 13.5. The van der Waals surface area contributed by atoms with E-state index < -0.39 is 27.8 Å². The molecule has 3 aromatic rings. The van der Waals surface area contributed by atoms with E-state index in [1.807, 2.05) is 6.92 Å². The van der Waals surface area contributed by atoms with Gasteiger partial charge in [-0.2, -0.15) is 8.42 Å². The molecule has 1 amide bonds. The van der Waals surface area contributed by atoms with Crippen molar-refractivity contribution < 1.29 is 32.3 Å². The molecule has 0 radical (unpaired) electrons. The van der Waals surface area contributed by atoms with Gasteiger partial charge in [0.05, 0.1) is 30.7 Å². The second-order valence-corrected chi connectivity index (χ2v) is 14.1. The molecule has 0 N–H and O–H groups in total. The predicted molar refractivity (Wildman–Crippen MR) is 181 cm³/mol. The van der Waals surface area contributed by atoms with Crippen LogP contribution >= 0.6 is 0 Å². The topological polar surface area (TPSA) is 124 Å². The van der Waals surface area contributed by atoms with Gasteiger partial charge in [-0.25, -0.2) is 0 Å². The smallest absolute Gasteiger partial charge is 0.305 e. The highest BCUT2D eigenvalue weighted by atomic mass is 32.2. The molecule has 0 spiro atoms. The molecule has 1 unspecified atom stereocenters. The zero-order valence-electron chi connectivity index (χ0n) is 28.4. The first-order valence-corrected chi connectivity index (χ1v) is 17.3. The number of amides is 1. The van der Waals surface area contributed by atoms with Crippen molar-refractivity contribution in [1.82, 2.24) is 9.47 Å². The van der Waals surface area contributed by atoms with E-state index in [1.165, 1.54) is 49.2 Å². The number of methoxy groups -OCH3 is 2. The van der Waals surface area contributed by atoms with Gasteiger partial charge in [0.1, 0.15) is 11.2 Å². The number of ether oxygens (including phenoxy) is 2. The van der Waals surface area contributed by atoms with Gasteiger partial charge in [-0.15, -0.1) is 4.40 Å². The summed E-state index contributed by atoms with van der Waals surface area (Å²) in [5.41, 5.74) is 1.37. The van der Waals surface area contributed by atoms with Crippen LogP contribution in [0.2, 0.25) is 0 Å². The number of Topliss-reactive ketones (excluding diaryl/α,β-unsaturated/α-hetero) is 1. The maximum absolute atomic E-state index is 14.2. The molecule has 0 aliphatic rings. The van der Waals surface area contributed by atoms with Crippen LogP contribution in [0.15, 0.2) is 76.2 Å². The number of hydrogen-bond acceptors (Lipinski definition) is 7. The van der Waals surface area contributed by atoms with Crippen LogP contribution in [0.4, 0.5) is 0 Å². The third kappa shape index (κ3) is 10.6. The first-order valence-electron chi connectivity index (χ1n) is 15.9. The molecule has 0 fully saturated rings. The van der Waals surface area contributed by atoms with E-state index in [1.54, 1.807) is 41.3 Å². The van der Waals surface area contributed by atoms with Crippen LogP contribution in [0.1, 0.15) is 85.7 Å². The Morgan fingerprint density at radius 3 is 2.06 bits per heavy atom. The van der Waals surface area contributed by atoms with Crippen LogP contribution in [0.5, 0.6) is 5.75 Å². The highest BCUT2D eigenvalue weighted by Gasteiger charge is 2.27. The van der Waals surface area contributed by atoms with Gasteiger partial charge in [-0.05, 0) is 74.4 Å². The molecule has 3 rings (SSSR count). The van der Waals surface area contributed by atoms with Gasteiger partial charge in [0.25, 0.3) is 15.9 Å². The Bertz CT molecular complexity index is 1700. The number of carbonyl (C=O) groups excluding carboxylic acids is 3. The molecule has 1 aromatic heterocycles. The first kappa shape index (κ1) is 37.2. The molecule has 254 valence electrons. The maximum atomic E-state index is 14.2. The van der Waals surface area contributed by atoms with Crippen molar-refractivity contribution >= 4 is 27.7 Å². The third-order valence-electron chi connectivity index (χ3n) is 7.82. The van der Waals surface area contributed by atoms with Gasteiger partial charge in [-0.3, -0.25) is 14.4 Å². The standard InChI is InChI=1S/C36H47N3O7S/c1-25(2)19-21-38(22-20-26(3)4)36(42)29-13-17-33(37-47(43,44)31-14-11-27(5)12-15-31)39(24-29)32(16-18-34(40)46-7)35(41)28-9-8-10-30(23-28)45-6/h8-15,17,23-26,32H,16,18-22H2,1-7H3. The summed E-state index contributed by atoms with van der Waals surface area (Å²) in [6.07, 6.45) is 2.91. The minimum atomic E-state index is -4.22. The molecule has 10 nitrogen and oxygen atoms in total. The average Bonchev–Trinajstić information content (AvgIpc) is 3.04. The second-order valence-electron chi connectivity index (χ2n) is 12.4. The Morgan fingerprint density at radius 2 is 1.49 bits per heavy atom. The van der Waals surface area contributed by atoms with E-state index in [0.717, 1.165) is 18.4 Å². The van der Waals surface area contributed by atoms with Crippen molar-refractivity contribution in [3.05, 3.63) is 89.0 Å². The number of carbonyl (C=O) groups is 3. The van der Waals surface area contributed by atoms with E-state index >= 15 is 0 Å². The van der Waals surface area contributed by atoms with E-state index in [4.69, 9.17) is 9.47 Å². The molecular weight excluding hydrogens is 618 g/mol. The summed E-state index contributed by atoms with van der Waals surface area (Å²) >= 11 is 0. The summed E-state index contributed by atoms with van der Waals surface area (Å²) in [6, 6.07) is 14.7. The van der Waals surface area contributed by atoms with Crippen molar-refractivity contribution in [2.24, 2.45) is 16.2 Å². The SMILES string of the molecule is COC(=O)CCC(C(=O)c1cccc(OC)c1)n1cc(C(=O)N(CCC(C)C)CCC(C)C)ccc1=NS(=O)(=O)c1ccc(C)cc1. The number of rotatable bonds is 16. The summed E-state index contributed by atoms with van der Waals surface area (Å²) in [6.45, 7) is 11.3. The molecule has 0 aliphatic heterocycles. The predicted octanol–water partition coefficient (Wildman–Crippen LogP) is 6.01. The van der Waals surface area contributed by atoms with Crippen molar-refractivity contribution in [2.45, 2.75) is 71.2 Å². The van der Waals surface area contributed by atoms with E-state index in [2.05, 4.69) is 32.1 Å². The van der Waals surface area contributed by atoms with Crippen molar-refractivity contribution in [2.75, 3.05) is 27.3 Å². The Balaban J connectivity index is 2.26. The number of hydrogen-bond donors (Lipinski definition) is 0. The molecule has 1 heterocycles. The van der Waals surface area contributed by atoms with Crippen LogP contribution < -0.4 is 10.2 Å². The van der Waals surface area contributed by atoms with Crippen LogP contribution in [-0.4, -0.2) is 62.9 Å². The minimum Gasteiger partial charge on any atom is -0.497 e. The van der Waals surface area contributed by atoms with Crippen LogP contribution in [0.25, 0.3) is 0 Å². The quantitative estimate of drug-likeness (QED) is 0.136. The van der Waals surface area contributed by atoms with Gasteiger partial charge in [0.2, 0.25) is 0 Å². The molecule has 0 bridgehead atoms. The number of ketones is 1. The van der Waals surface area contributed by atoms with Gasteiger partial charge in [-0.1, -0.05) is 57.5 Å². The van der Waals surface area contributed by atoms with Crippen LogP contribution in [0.3, 0.4) is 0 Å². The average molecular weight is 666 g/mol. The van der Waals surface area contributed by atoms with Crippen molar-refractivity contribution in [3.8, 4) is 5.75 Å². The molecular formula is C36H47N3O7S. The normalized spacial score (nSPS) is 12.7. The molecule has 1 atom stereocenters. The molecule has 0 saturated heterocycles. The maximum Gasteiger partial charge on any atom is 0.305 e. The molecule has 0 aliphatic carbocycles. The summed E-state index contributed by atoms with van der Waals surface area (Å²) in [4.78, 5) is 42.3. The first-order chi connectivity index (χ1) is 22.2. The number of esters is 1. The second kappa shape index (κ2) is 17.1. The summed E-state index contributed by atoms with van der Waals surface area (Å²) < 4.78 is 42.8. The number of aromatic nitrogens is 1. The summed E-state index contributed by atoms with van der Waals surface area (Å²) in [5.74, 6) is 0.0164. The van der Waals surface area contributed by atoms with E-state index in [9.17, 15) is 22.8 Å². The largest absolute Gasteiger partial charge is 0.497 e. The highest BCUT2D eigenvalue weighted by molar-refractivity contribution is 7.90. The highest BCUT2D eigenvalue weighted by Crippen LogP contribution is 2.24. The lowest BCUT2D eigenvalue weighted by molar-refractivity contribution is -0.140. The number of nitrogens with zero attached hydrogens (tertiary/aromatic N) is 3. The van der Waals surface area contributed by atoms with Crippen LogP contribution in [-0.2, 0) is 19.6 Å². The fraction of sp³-hybridized carbons (Fsp3) is 0.444. The zero-order valence-corrected chi connectivity index (χ0v) is 29.2. The third-order valence-corrected chi connectivity index (χ3v) is 9.11. The lowest BCUT2D eigenvalue weighted by Crippen LogP contribution is -2.36. The lowest BCUT2D eigenvalue weighted by Gasteiger charge is -2.26. The lowest BCUT2D eigenvalue weighted by atomic mass is 9.99. The summed E-state index contributed by atoms with van der Waals surface area (Å²) in [5, 5.41) is 0. The minimum absolute atomic E-state index is 0.0198. The van der Waals surface area contributed by atoms with Crippen molar-refractivity contribution in [1.29, 1.82) is 0 Å². The monoisotopic (exact) mass is 665 g/mol. The Morgan fingerprint density at radius 1 is 0.851 bits per heavy atom. The molecule has 47 heavy (non-hydrogen) atoms. The zero-order chi connectivity index (χ0) is 34.7. The van der Waals surface area contributed by atoms with Gasteiger partial charge >= 0.3 is 5.97 Å². The van der Waals surface area contributed by atoms with Gasteiger partial charge in [0, 0.05) is 31.3 Å². The molecule has 11 heteroatoms. The van der Waals surface area contributed by atoms with Crippen molar-refractivity contribution in [3.63, 3.8) is 0 Å². The molecule has 2 aromatic carbocycles. The number of sulfonamides is 1. The number of benzene rings is 2. The fourth-order valence-corrected chi connectivity index (χ4v) is 5.88. The van der Waals surface area contributed by atoms with Gasteiger partial charge < -0.3 is 18.9 Å². The molecule has 0 saturated carbocycles. The van der Waals surface area contributed by atoms with E-state index in [0.29, 0.717) is 30.7 Å². The van der Waals surface area contributed by atoms with E-state index in [-0.39, 0.29) is 40.3 Å². The number of aryl methyl sites for hydroxylation is 1. The Hall–Kier alpha value is -4.25. The number of pyridine rings is 1.